The van der Waals surface area contributed by atoms with Gasteiger partial charge in [-0.25, -0.2) is 18.0 Å². The van der Waals surface area contributed by atoms with Gasteiger partial charge < -0.3 is 10.1 Å². The Balaban J connectivity index is 1.30. The molecule has 8 nitrogen and oxygen atoms in total. The number of halogens is 1. The first kappa shape index (κ1) is 22.1. The summed E-state index contributed by atoms with van der Waals surface area (Å²) in [7, 11) is -3.54. The van der Waals surface area contributed by atoms with E-state index in [9.17, 15) is 22.8 Å². The molecule has 0 unspecified atom stereocenters. The highest BCUT2D eigenvalue weighted by Gasteiger charge is 2.51. The van der Waals surface area contributed by atoms with Gasteiger partial charge in [0.2, 0.25) is 0 Å². The number of benzene rings is 1. The van der Waals surface area contributed by atoms with Crippen LogP contribution in [-0.4, -0.2) is 44.7 Å². The zero-order chi connectivity index (χ0) is 22.4. The minimum absolute atomic E-state index is 0.00244. The number of amides is 3. The van der Waals surface area contributed by atoms with Crippen molar-refractivity contribution in [2.75, 3.05) is 12.9 Å². The molecule has 31 heavy (non-hydrogen) atoms. The van der Waals surface area contributed by atoms with Crippen molar-refractivity contribution < 1.29 is 27.5 Å². The second-order valence-electron chi connectivity index (χ2n) is 9.19. The third-order valence-electron chi connectivity index (χ3n) is 6.59. The molecule has 1 aromatic carbocycles. The van der Waals surface area contributed by atoms with Crippen molar-refractivity contribution in [3.05, 3.63) is 28.8 Å². The molecule has 1 aromatic rings. The summed E-state index contributed by atoms with van der Waals surface area (Å²) in [4.78, 5) is 36.7. The van der Waals surface area contributed by atoms with Gasteiger partial charge in [-0.15, -0.1) is 0 Å². The maximum absolute atomic E-state index is 12.4. The molecule has 0 saturated heterocycles. The van der Waals surface area contributed by atoms with Gasteiger partial charge in [-0.05, 0) is 74.5 Å². The normalized spacial score (nSPS) is 28.8. The van der Waals surface area contributed by atoms with Crippen LogP contribution in [0.25, 0.3) is 0 Å². The lowest BCUT2D eigenvalue weighted by Gasteiger charge is -2.56. The maximum atomic E-state index is 12.4. The van der Waals surface area contributed by atoms with E-state index in [4.69, 9.17) is 16.3 Å². The SMILES string of the molecule is CS(=O)(=O)c1ccc(Cl)c(C(=O)OCC(=O)NC(=O)NC23CC4CC(CC(C4)C2)C3)c1. The van der Waals surface area contributed by atoms with E-state index in [-0.39, 0.29) is 21.0 Å². The van der Waals surface area contributed by atoms with Crippen LogP contribution >= 0.6 is 11.6 Å². The van der Waals surface area contributed by atoms with Gasteiger partial charge in [0.1, 0.15) is 0 Å². The van der Waals surface area contributed by atoms with Crippen LogP contribution in [0.2, 0.25) is 5.02 Å². The molecule has 4 bridgehead atoms. The predicted molar refractivity (Wildman–Crippen MR) is 112 cm³/mol. The Hall–Kier alpha value is -2.13. The summed E-state index contributed by atoms with van der Waals surface area (Å²) in [5.74, 6) is 0.222. The van der Waals surface area contributed by atoms with Gasteiger partial charge in [-0.3, -0.25) is 10.1 Å². The van der Waals surface area contributed by atoms with Crippen molar-refractivity contribution in [2.24, 2.45) is 17.8 Å². The van der Waals surface area contributed by atoms with Crippen LogP contribution in [0, 0.1) is 17.8 Å². The summed E-state index contributed by atoms with van der Waals surface area (Å²) < 4.78 is 28.3. The monoisotopic (exact) mass is 468 g/mol. The summed E-state index contributed by atoms with van der Waals surface area (Å²) in [5, 5.41) is 5.22. The van der Waals surface area contributed by atoms with Gasteiger partial charge in [0, 0.05) is 11.8 Å². The van der Waals surface area contributed by atoms with E-state index in [1.54, 1.807) is 0 Å². The van der Waals surface area contributed by atoms with Crippen molar-refractivity contribution in [1.82, 2.24) is 10.6 Å². The van der Waals surface area contributed by atoms with Crippen LogP contribution in [0.3, 0.4) is 0 Å². The molecule has 10 heteroatoms. The Bertz CT molecular complexity index is 1000. The van der Waals surface area contributed by atoms with Crippen LogP contribution in [0.1, 0.15) is 48.9 Å². The second-order valence-corrected chi connectivity index (χ2v) is 11.6. The summed E-state index contributed by atoms with van der Waals surface area (Å²) in [6.07, 6.45) is 7.56. The molecule has 4 aliphatic rings. The molecular formula is C21H25ClN2O6S. The van der Waals surface area contributed by atoms with Crippen LogP contribution in [0.5, 0.6) is 0 Å². The van der Waals surface area contributed by atoms with Gasteiger partial charge in [-0.1, -0.05) is 11.6 Å². The molecule has 0 heterocycles. The molecule has 4 fully saturated rings. The third kappa shape index (κ3) is 4.87. The van der Waals surface area contributed by atoms with Crippen LogP contribution in [-0.2, 0) is 19.4 Å². The zero-order valence-electron chi connectivity index (χ0n) is 17.1. The van der Waals surface area contributed by atoms with Crippen molar-refractivity contribution in [2.45, 2.75) is 49.0 Å². The van der Waals surface area contributed by atoms with Crippen LogP contribution in [0.15, 0.2) is 23.1 Å². The Morgan fingerprint density at radius 1 is 1.10 bits per heavy atom. The zero-order valence-corrected chi connectivity index (χ0v) is 18.7. The first-order chi connectivity index (χ1) is 14.5. The Kier molecular flexibility index (Phi) is 5.76. The van der Waals surface area contributed by atoms with Crippen molar-refractivity contribution in [3.8, 4) is 0 Å². The molecule has 3 amide bonds. The van der Waals surface area contributed by atoms with Gasteiger partial charge in [0.15, 0.2) is 16.4 Å². The number of carbonyl (C=O) groups excluding carboxylic acids is 3. The molecule has 0 spiro atoms. The highest BCUT2D eigenvalue weighted by molar-refractivity contribution is 7.90. The highest BCUT2D eigenvalue weighted by Crippen LogP contribution is 2.55. The first-order valence-corrected chi connectivity index (χ1v) is 12.6. The molecule has 4 saturated carbocycles. The number of urea groups is 1. The topological polar surface area (TPSA) is 119 Å². The fraction of sp³-hybridized carbons (Fsp3) is 0.571. The fourth-order valence-electron chi connectivity index (χ4n) is 5.80. The van der Waals surface area contributed by atoms with Crippen LogP contribution < -0.4 is 10.6 Å². The molecule has 0 aromatic heterocycles. The number of imide groups is 1. The summed E-state index contributed by atoms with van der Waals surface area (Å²) in [6.45, 7) is -0.688. The third-order valence-corrected chi connectivity index (χ3v) is 8.03. The van der Waals surface area contributed by atoms with E-state index in [0.29, 0.717) is 17.8 Å². The van der Waals surface area contributed by atoms with E-state index in [1.807, 2.05) is 0 Å². The second kappa shape index (κ2) is 8.09. The lowest BCUT2D eigenvalue weighted by molar-refractivity contribution is -0.123. The Morgan fingerprint density at radius 2 is 1.68 bits per heavy atom. The highest BCUT2D eigenvalue weighted by atomic mass is 35.5. The van der Waals surface area contributed by atoms with Gasteiger partial charge in [-0.2, -0.15) is 0 Å². The number of esters is 1. The number of sulfone groups is 1. The van der Waals surface area contributed by atoms with Crippen molar-refractivity contribution >= 4 is 39.3 Å². The standard InChI is InChI=1S/C21H25ClN2O6S/c1-31(28,29)15-2-3-17(22)16(7-15)19(26)30-11-18(25)23-20(27)24-21-8-12-4-13(9-21)6-14(5-12)10-21/h2-3,7,12-14H,4-6,8-11H2,1H3,(H2,23,24,25,27). The minimum atomic E-state index is -3.54. The van der Waals surface area contributed by atoms with E-state index >= 15 is 0 Å². The number of ether oxygens (including phenoxy) is 1. The minimum Gasteiger partial charge on any atom is -0.452 e. The molecule has 0 aliphatic heterocycles. The number of hydrogen-bond acceptors (Lipinski definition) is 6. The average molecular weight is 469 g/mol. The number of carbonyl (C=O) groups is 3. The summed E-state index contributed by atoms with van der Waals surface area (Å²) in [5.41, 5.74) is -0.412. The van der Waals surface area contributed by atoms with E-state index < -0.39 is 34.4 Å². The number of hydrogen-bond donors (Lipinski definition) is 2. The largest absolute Gasteiger partial charge is 0.452 e. The predicted octanol–water partition coefficient (Wildman–Crippen LogP) is 2.69. The maximum Gasteiger partial charge on any atom is 0.340 e. The van der Waals surface area contributed by atoms with E-state index in [0.717, 1.165) is 31.6 Å². The summed E-state index contributed by atoms with van der Waals surface area (Å²) in [6, 6.07) is 3.06. The Morgan fingerprint density at radius 3 is 2.23 bits per heavy atom. The Labute approximate surface area is 186 Å². The number of rotatable bonds is 5. The molecule has 0 atom stereocenters. The van der Waals surface area contributed by atoms with Gasteiger partial charge >= 0.3 is 12.0 Å². The molecule has 0 radical (unpaired) electrons. The molecular weight excluding hydrogens is 444 g/mol. The van der Waals surface area contributed by atoms with E-state index in [2.05, 4.69) is 10.6 Å². The number of nitrogens with one attached hydrogen (secondary N) is 2. The lowest BCUT2D eigenvalue weighted by Crippen LogP contribution is -2.62. The molecule has 168 valence electrons. The van der Waals surface area contributed by atoms with Crippen molar-refractivity contribution in [1.29, 1.82) is 0 Å². The molecule has 4 aliphatic carbocycles. The van der Waals surface area contributed by atoms with E-state index in [1.165, 1.54) is 31.4 Å². The van der Waals surface area contributed by atoms with Crippen molar-refractivity contribution in [3.63, 3.8) is 0 Å². The van der Waals surface area contributed by atoms with Gasteiger partial charge in [0.25, 0.3) is 5.91 Å². The van der Waals surface area contributed by atoms with Crippen LogP contribution in [0.4, 0.5) is 4.79 Å². The van der Waals surface area contributed by atoms with Gasteiger partial charge in [0.05, 0.1) is 15.5 Å². The fourth-order valence-corrected chi connectivity index (χ4v) is 6.64. The molecule has 2 N–H and O–H groups in total. The lowest BCUT2D eigenvalue weighted by atomic mass is 9.53. The molecule has 5 rings (SSSR count). The summed E-state index contributed by atoms with van der Waals surface area (Å²) >= 11 is 5.95. The smallest absolute Gasteiger partial charge is 0.340 e. The quantitative estimate of drug-likeness (QED) is 0.641. The average Bonchev–Trinajstić information content (AvgIpc) is 2.63. The first-order valence-electron chi connectivity index (χ1n) is 10.3.